The number of benzene rings is 2. The van der Waals surface area contributed by atoms with Crippen LogP contribution in [0.4, 0.5) is 0 Å². The van der Waals surface area contributed by atoms with Crippen LogP contribution in [-0.2, 0) is 0 Å². The van der Waals surface area contributed by atoms with Gasteiger partial charge in [0.1, 0.15) is 5.82 Å². The molecule has 2 heterocycles. The van der Waals surface area contributed by atoms with Gasteiger partial charge in [0.25, 0.3) is 5.56 Å². The van der Waals surface area contributed by atoms with E-state index in [0.717, 1.165) is 16.8 Å². The van der Waals surface area contributed by atoms with Crippen molar-refractivity contribution in [3.63, 3.8) is 0 Å². The van der Waals surface area contributed by atoms with Gasteiger partial charge in [0.2, 0.25) is 0 Å². The topological polar surface area (TPSA) is 75.9 Å². The molecule has 2 aromatic carbocycles. The lowest BCUT2D eigenvalue weighted by Crippen LogP contribution is -2.20. The molecule has 0 radical (unpaired) electrons. The highest BCUT2D eigenvalue weighted by Gasteiger charge is 2.08. The summed E-state index contributed by atoms with van der Waals surface area (Å²) in [7, 11) is 0. The van der Waals surface area contributed by atoms with E-state index in [1.54, 1.807) is 25.4 Å². The normalized spacial score (nSPS) is 11.4. The summed E-state index contributed by atoms with van der Waals surface area (Å²) in [5.74, 6) is 0.532. The molecular weight excluding hydrogens is 314 g/mol. The molecule has 0 aliphatic heterocycles. The Morgan fingerprint density at radius 1 is 1.08 bits per heavy atom. The zero-order chi connectivity index (χ0) is 17.2. The van der Waals surface area contributed by atoms with Gasteiger partial charge in [-0.05, 0) is 19.1 Å². The average Bonchev–Trinajstić information content (AvgIpc) is 3.11. The van der Waals surface area contributed by atoms with Crippen molar-refractivity contribution in [2.75, 3.05) is 0 Å². The Bertz CT molecular complexity index is 1130. The molecule has 0 saturated carbocycles. The number of rotatable bonds is 3. The second-order valence-electron chi connectivity index (χ2n) is 5.60. The maximum absolute atomic E-state index is 12.6. The van der Waals surface area contributed by atoms with Crippen molar-refractivity contribution < 1.29 is 0 Å². The number of fused-ring (bicyclic) bond motifs is 1. The van der Waals surface area contributed by atoms with E-state index in [1.807, 2.05) is 48.5 Å². The fourth-order valence-electron chi connectivity index (χ4n) is 2.72. The van der Waals surface area contributed by atoms with E-state index in [4.69, 9.17) is 0 Å². The molecule has 0 aliphatic rings. The minimum Gasteiger partial charge on any atom is -0.277 e. The molecule has 6 nitrogen and oxygen atoms in total. The summed E-state index contributed by atoms with van der Waals surface area (Å²) in [6.07, 6.45) is 3.30. The van der Waals surface area contributed by atoms with Gasteiger partial charge in [0, 0.05) is 11.1 Å². The van der Waals surface area contributed by atoms with Crippen molar-refractivity contribution in [1.29, 1.82) is 0 Å². The molecule has 4 rings (SSSR count). The predicted octanol–water partition coefficient (Wildman–Crippen LogP) is 2.98. The van der Waals surface area contributed by atoms with Crippen molar-refractivity contribution >= 4 is 17.1 Å². The first kappa shape index (κ1) is 15.0. The van der Waals surface area contributed by atoms with E-state index >= 15 is 0 Å². The highest BCUT2D eigenvalue weighted by molar-refractivity contribution is 5.88. The molecule has 0 atom stereocenters. The van der Waals surface area contributed by atoms with Gasteiger partial charge in [0.05, 0.1) is 29.0 Å². The Kier molecular flexibility index (Phi) is 3.70. The Labute approximate surface area is 143 Å². The molecule has 6 heteroatoms. The molecule has 122 valence electrons. The number of nitrogens with one attached hydrogen (secondary N) is 1. The quantitative estimate of drug-likeness (QED) is 0.587. The van der Waals surface area contributed by atoms with Crippen LogP contribution in [0, 0.1) is 6.92 Å². The van der Waals surface area contributed by atoms with Crippen LogP contribution >= 0.6 is 0 Å². The average molecular weight is 329 g/mol. The maximum atomic E-state index is 12.6. The highest BCUT2D eigenvalue weighted by Crippen LogP contribution is 2.19. The van der Waals surface area contributed by atoms with E-state index in [9.17, 15) is 4.79 Å². The molecule has 0 spiro atoms. The lowest BCUT2D eigenvalue weighted by Gasteiger charge is -2.05. The van der Waals surface area contributed by atoms with E-state index in [1.165, 1.54) is 4.68 Å². The third-order valence-electron chi connectivity index (χ3n) is 3.96. The Balaban J connectivity index is 1.78. The van der Waals surface area contributed by atoms with E-state index in [0.29, 0.717) is 16.7 Å². The fraction of sp³-hybridized carbons (Fsp3) is 0.0526. The van der Waals surface area contributed by atoms with Crippen LogP contribution in [0.5, 0.6) is 0 Å². The second kappa shape index (κ2) is 6.16. The number of nitrogens with zero attached hydrogens (tertiary/aromatic N) is 4. The van der Waals surface area contributed by atoms with Crippen LogP contribution in [0.25, 0.3) is 22.2 Å². The van der Waals surface area contributed by atoms with Gasteiger partial charge in [-0.1, -0.05) is 42.5 Å². The Morgan fingerprint density at radius 2 is 1.84 bits per heavy atom. The molecule has 1 N–H and O–H groups in total. The third-order valence-corrected chi connectivity index (χ3v) is 3.96. The van der Waals surface area contributed by atoms with Crippen LogP contribution in [0.2, 0.25) is 0 Å². The van der Waals surface area contributed by atoms with E-state index in [-0.39, 0.29) is 5.56 Å². The molecule has 0 bridgehead atoms. The third kappa shape index (κ3) is 2.74. The van der Waals surface area contributed by atoms with E-state index in [2.05, 4.69) is 20.3 Å². The summed E-state index contributed by atoms with van der Waals surface area (Å²) < 4.78 is 1.31. The number of aromatic nitrogens is 4. The van der Waals surface area contributed by atoms with Gasteiger partial charge in [-0.25, -0.2) is 4.98 Å². The van der Waals surface area contributed by atoms with E-state index < -0.39 is 0 Å². The highest BCUT2D eigenvalue weighted by atomic mass is 16.1. The lowest BCUT2D eigenvalue weighted by molar-refractivity contribution is 0.771. The number of H-pyrrole nitrogens is 1. The first-order chi connectivity index (χ1) is 12.2. The summed E-state index contributed by atoms with van der Waals surface area (Å²) >= 11 is 0. The Hall–Kier alpha value is -3.54. The van der Waals surface area contributed by atoms with Gasteiger partial charge in [-0.15, -0.1) is 0 Å². The van der Waals surface area contributed by atoms with Crippen LogP contribution < -0.4 is 5.56 Å². The largest absolute Gasteiger partial charge is 0.282 e. The van der Waals surface area contributed by atoms with Crippen LogP contribution in [0.3, 0.4) is 0 Å². The number of aryl methyl sites for hydroxylation is 1. The minimum atomic E-state index is -0.191. The van der Waals surface area contributed by atoms with Gasteiger partial charge < -0.3 is 0 Å². The van der Waals surface area contributed by atoms with Gasteiger partial charge in [-0.3, -0.25) is 9.89 Å². The molecule has 0 saturated heterocycles. The zero-order valence-corrected chi connectivity index (χ0v) is 13.5. The molecule has 0 amide bonds. The summed E-state index contributed by atoms with van der Waals surface area (Å²) in [5.41, 5.74) is 3.13. The summed E-state index contributed by atoms with van der Waals surface area (Å²) in [6.45, 7) is 1.76. The number of hydrogen-bond acceptors (Lipinski definition) is 4. The first-order valence-corrected chi connectivity index (χ1v) is 7.85. The minimum absolute atomic E-state index is 0.191. The smallest absolute Gasteiger partial charge is 0.277 e. The summed E-state index contributed by atoms with van der Waals surface area (Å²) in [5, 5.41) is 11.9. The summed E-state index contributed by atoms with van der Waals surface area (Å²) in [6, 6.07) is 17.1. The van der Waals surface area contributed by atoms with Crippen LogP contribution in [-0.4, -0.2) is 26.1 Å². The van der Waals surface area contributed by atoms with Gasteiger partial charge in [0.15, 0.2) is 0 Å². The van der Waals surface area contributed by atoms with Crippen molar-refractivity contribution in [3.05, 3.63) is 82.5 Å². The molecular formula is C19H15N5O. The maximum Gasteiger partial charge on any atom is 0.282 e. The molecule has 2 aromatic heterocycles. The fourth-order valence-corrected chi connectivity index (χ4v) is 2.72. The SMILES string of the molecule is Cc1nc2ccccc2c(=O)n1/N=C\c1cn[nH]c1-c1ccccc1. The monoisotopic (exact) mass is 329 g/mol. The predicted molar refractivity (Wildman–Crippen MR) is 97.8 cm³/mol. The molecule has 0 unspecified atom stereocenters. The van der Waals surface area contributed by atoms with Crippen molar-refractivity contribution in [2.24, 2.45) is 5.10 Å². The van der Waals surface area contributed by atoms with Crippen LogP contribution in [0.1, 0.15) is 11.4 Å². The van der Waals surface area contributed by atoms with Gasteiger partial charge >= 0.3 is 0 Å². The van der Waals surface area contributed by atoms with Gasteiger partial charge in [-0.2, -0.15) is 14.9 Å². The second-order valence-corrected chi connectivity index (χ2v) is 5.60. The van der Waals surface area contributed by atoms with Crippen LogP contribution in [0.15, 0.2) is 70.7 Å². The number of aromatic amines is 1. The molecule has 0 fully saturated rings. The number of para-hydroxylation sites is 1. The first-order valence-electron chi connectivity index (χ1n) is 7.85. The molecule has 4 aromatic rings. The van der Waals surface area contributed by atoms with Crippen molar-refractivity contribution in [3.8, 4) is 11.3 Å². The van der Waals surface area contributed by atoms with Crippen molar-refractivity contribution in [1.82, 2.24) is 19.9 Å². The molecule has 0 aliphatic carbocycles. The zero-order valence-electron chi connectivity index (χ0n) is 13.5. The van der Waals surface area contributed by atoms with Crippen molar-refractivity contribution in [2.45, 2.75) is 6.92 Å². The molecule has 25 heavy (non-hydrogen) atoms. The summed E-state index contributed by atoms with van der Waals surface area (Å²) in [4.78, 5) is 17.1. The Morgan fingerprint density at radius 3 is 2.68 bits per heavy atom. The standard InChI is InChI=1S/C19H15N5O/c1-13-22-17-10-6-5-9-16(17)19(25)24(13)21-12-15-11-20-23-18(15)14-7-3-2-4-8-14/h2-12H,1H3,(H,20,23)/b21-12-. The lowest BCUT2D eigenvalue weighted by atomic mass is 10.1. The number of hydrogen-bond donors (Lipinski definition) is 1.